The number of benzene rings is 2. The highest BCUT2D eigenvalue weighted by molar-refractivity contribution is 7.99. The number of para-hydroxylation sites is 1. The van der Waals surface area contributed by atoms with Crippen molar-refractivity contribution in [3.05, 3.63) is 59.3 Å². The molecular formula is C21H21N5O2S. The van der Waals surface area contributed by atoms with Crippen LogP contribution in [-0.4, -0.2) is 43.8 Å². The summed E-state index contributed by atoms with van der Waals surface area (Å²) < 4.78 is 7.04. The first-order valence-electron chi connectivity index (χ1n) is 9.30. The maximum atomic E-state index is 12.9. The third-order valence-corrected chi connectivity index (χ3v) is 5.74. The number of aromatic amines is 1. The van der Waals surface area contributed by atoms with Crippen molar-refractivity contribution in [3.8, 4) is 11.4 Å². The number of carbonyl (C=O) groups excluding carboxylic acids is 1. The second-order valence-corrected chi connectivity index (χ2v) is 7.60. The molecular weight excluding hydrogens is 386 g/mol. The van der Waals surface area contributed by atoms with E-state index in [-0.39, 0.29) is 11.5 Å². The van der Waals surface area contributed by atoms with Gasteiger partial charge in [-0.15, -0.1) is 5.10 Å². The Balaban J connectivity index is 1.58. The molecule has 0 atom stereocenters. The predicted molar refractivity (Wildman–Crippen MR) is 113 cm³/mol. The molecule has 29 heavy (non-hydrogen) atoms. The molecule has 2 aromatic heterocycles. The highest BCUT2D eigenvalue weighted by Crippen LogP contribution is 2.28. The number of aryl methyl sites for hydroxylation is 2. The molecule has 2 aromatic carbocycles. The molecule has 8 heteroatoms. The smallest absolute Gasteiger partial charge is 0.214 e. The standard InChI is InChI=1S/C21H21N5O2S/c1-4-14-6-5-7-15-16(11-22-20(14)15)18(27)12-29-21-23-24-25-26(21)17-10-13(2)8-9-19(17)28-3/h5-11,22H,4,12H2,1-3H3. The number of carbonyl (C=O) groups is 1. The molecule has 0 unspecified atom stereocenters. The Morgan fingerprint density at radius 1 is 1.28 bits per heavy atom. The lowest BCUT2D eigenvalue weighted by Gasteiger charge is -2.10. The number of thioether (sulfide) groups is 1. The average Bonchev–Trinajstić information content (AvgIpc) is 3.38. The number of hydrogen-bond donors (Lipinski definition) is 1. The van der Waals surface area contributed by atoms with E-state index < -0.39 is 0 Å². The van der Waals surface area contributed by atoms with Gasteiger partial charge in [0.15, 0.2) is 5.78 Å². The molecule has 1 N–H and O–H groups in total. The van der Waals surface area contributed by atoms with Gasteiger partial charge in [-0.25, -0.2) is 0 Å². The number of ether oxygens (including phenoxy) is 1. The van der Waals surface area contributed by atoms with Gasteiger partial charge in [0.25, 0.3) is 0 Å². The Hall–Kier alpha value is -3.13. The van der Waals surface area contributed by atoms with Crippen molar-refractivity contribution in [1.29, 1.82) is 0 Å². The summed E-state index contributed by atoms with van der Waals surface area (Å²) in [5, 5.41) is 13.5. The molecule has 0 fully saturated rings. The number of tetrazole rings is 1. The highest BCUT2D eigenvalue weighted by atomic mass is 32.2. The lowest BCUT2D eigenvalue weighted by atomic mass is 10.1. The van der Waals surface area contributed by atoms with Crippen LogP contribution in [0.4, 0.5) is 0 Å². The van der Waals surface area contributed by atoms with Crippen molar-refractivity contribution < 1.29 is 9.53 Å². The number of fused-ring (bicyclic) bond motifs is 1. The third kappa shape index (κ3) is 3.63. The highest BCUT2D eigenvalue weighted by Gasteiger charge is 2.18. The summed E-state index contributed by atoms with van der Waals surface area (Å²) in [4.78, 5) is 16.1. The molecule has 0 saturated carbocycles. The van der Waals surface area contributed by atoms with E-state index in [2.05, 4.69) is 33.5 Å². The van der Waals surface area contributed by atoms with Crippen molar-refractivity contribution in [3.63, 3.8) is 0 Å². The number of nitrogens with one attached hydrogen (secondary N) is 1. The lowest BCUT2D eigenvalue weighted by molar-refractivity contribution is 0.102. The fraction of sp³-hybridized carbons (Fsp3) is 0.238. The quantitative estimate of drug-likeness (QED) is 0.368. The van der Waals surface area contributed by atoms with Crippen LogP contribution in [0.2, 0.25) is 0 Å². The zero-order chi connectivity index (χ0) is 20.4. The van der Waals surface area contributed by atoms with Gasteiger partial charge < -0.3 is 9.72 Å². The van der Waals surface area contributed by atoms with Crippen LogP contribution in [0.25, 0.3) is 16.6 Å². The van der Waals surface area contributed by atoms with Gasteiger partial charge in [-0.3, -0.25) is 4.79 Å². The van der Waals surface area contributed by atoms with Crippen LogP contribution in [0, 0.1) is 6.92 Å². The fourth-order valence-corrected chi connectivity index (χ4v) is 4.10. The van der Waals surface area contributed by atoms with Crippen molar-refractivity contribution in [2.45, 2.75) is 25.4 Å². The summed E-state index contributed by atoms with van der Waals surface area (Å²) in [6.07, 6.45) is 2.70. The Labute approximate surface area is 172 Å². The monoisotopic (exact) mass is 407 g/mol. The third-order valence-electron chi connectivity index (χ3n) is 4.82. The van der Waals surface area contributed by atoms with E-state index in [1.807, 2.05) is 37.3 Å². The van der Waals surface area contributed by atoms with E-state index in [1.54, 1.807) is 18.0 Å². The Kier molecular flexibility index (Phi) is 5.35. The van der Waals surface area contributed by atoms with Gasteiger partial charge in [0.05, 0.1) is 12.9 Å². The molecule has 0 bridgehead atoms. The number of hydrogen-bond acceptors (Lipinski definition) is 6. The minimum Gasteiger partial charge on any atom is -0.494 e. The number of ketones is 1. The SMILES string of the molecule is CCc1cccc2c(C(=O)CSc3nnnn3-c3cc(C)ccc3OC)c[nH]c12. The van der Waals surface area contributed by atoms with E-state index in [4.69, 9.17) is 4.74 Å². The number of H-pyrrole nitrogens is 1. The van der Waals surface area contributed by atoms with Crippen LogP contribution in [0.15, 0.2) is 47.8 Å². The van der Waals surface area contributed by atoms with Crippen molar-refractivity contribution in [2.24, 2.45) is 0 Å². The van der Waals surface area contributed by atoms with E-state index in [9.17, 15) is 4.79 Å². The summed E-state index contributed by atoms with van der Waals surface area (Å²) in [6.45, 7) is 4.09. The summed E-state index contributed by atoms with van der Waals surface area (Å²) in [5.41, 5.74) is 4.72. The molecule has 0 amide bonds. The van der Waals surface area contributed by atoms with Crippen molar-refractivity contribution in [2.75, 3.05) is 12.9 Å². The summed E-state index contributed by atoms with van der Waals surface area (Å²) in [7, 11) is 1.61. The first kappa shape index (κ1) is 19.2. The van der Waals surface area contributed by atoms with E-state index in [1.165, 1.54) is 17.3 Å². The minimum atomic E-state index is 0.0280. The maximum Gasteiger partial charge on any atom is 0.214 e. The van der Waals surface area contributed by atoms with Gasteiger partial charge in [-0.2, -0.15) is 4.68 Å². The Morgan fingerprint density at radius 3 is 2.93 bits per heavy atom. The van der Waals surface area contributed by atoms with Crippen LogP contribution >= 0.6 is 11.8 Å². The van der Waals surface area contributed by atoms with Gasteiger partial charge in [-0.05, 0) is 47.0 Å². The summed E-state index contributed by atoms with van der Waals surface area (Å²) >= 11 is 1.31. The fourth-order valence-electron chi connectivity index (χ4n) is 3.34. The number of methoxy groups -OCH3 is 1. The molecule has 0 aliphatic heterocycles. The van der Waals surface area contributed by atoms with Gasteiger partial charge >= 0.3 is 0 Å². The number of aromatic nitrogens is 5. The van der Waals surface area contributed by atoms with E-state index in [0.29, 0.717) is 16.5 Å². The van der Waals surface area contributed by atoms with Crippen LogP contribution in [-0.2, 0) is 6.42 Å². The van der Waals surface area contributed by atoms with Crippen LogP contribution in [0.3, 0.4) is 0 Å². The van der Waals surface area contributed by atoms with Crippen LogP contribution < -0.4 is 4.74 Å². The second-order valence-electron chi connectivity index (χ2n) is 6.66. The van der Waals surface area contributed by atoms with E-state index in [0.717, 1.165) is 28.6 Å². The molecule has 0 spiro atoms. The predicted octanol–water partition coefficient (Wildman–Crippen LogP) is 4.00. The second kappa shape index (κ2) is 8.08. The Bertz CT molecular complexity index is 1180. The Morgan fingerprint density at radius 2 is 2.14 bits per heavy atom. The molecule has 4 aromatic rings. The molecule has 7 nitrogen and oxygen atoms in total. The van der Waals surface area contributed by atoms with Crippen molar-refractivity contribution in [1.82, 2.24) is 25.2 Å². The molecule has 148 valence electrons. The van der Waals surface area contributed by atoms with E-state index >= 15 is 0 Å². The number of nitrogens with zero attached hydrogens (tertiary/aromatic N) is 4. The van der Waals surface area contributed by atoms with Gasteiger partial charge in [0.2, 0.25) is 5.16 Å². The molecule has 4 rings (SSSR count). The summed E-state index contributed by atoms with van der Waals surface area (Å²) in [5.74, 6) is 0.928. The van der Waals surface area contributed by atoms with Gasteiger partial charge in [0.1, 0.15) is 11.4 Å². The largest absolute Gasteiger partial charge is 0.494 e. The molecule has 0 aliphatic rings. The van der Waals surface area contributed by atoms with Crippen molar-refractivity contribution >= 4 is 28.4 Å². The lowest BCUT2D eigenvalue weighted by Crippen LogP contribution is -2.06. The molecule has 2 heterocycles. The average molecular weight is 407 g/mol. The number of Topliss-reactive ketones (excluding diaryl/α,β-unsaturated/α-hetero) is 1. The zero-order valence-corrected chi connectivity index (χ0v) is 17.3. The normalized spacial score (nSPS) is 11.1. The topological polar surface area (TPSA) is 85.7 Å². The van der Waals surface area contributed by atoms with Crippen LogP contribution in [0.1, 0.15) is 28.4 Å². The minimum absolute atomic E-state index is 0.0280. The molecule has 0 radical (unpaired) electrons. The first-order valence-corrected chi connectivity index (χ1v) is 10.3. The number of rotatable bonds is 7. The first-order chi connectivity index (χ1) is 14.1. The van der Waals surface area contributed by atoms with Crippen LogP contribution in [0.5, 0.6) is 5.75 Å². The molecule has 0 saturated heterocycles. The molecule has 0 aliphatic carbocycles. The maximum absolute atomic E-state index is 12.9. The van der Waals surface area contributed by atoms with Gasteiger partial charge in [-0.1, -0.05) is 43.0 Å². The van der Waals surface area contributed by atoms with Gasteiger partial charge in [0, 0.05) is 22.7 Å². The zero-order valence-electron chi connectivity index (χ0n) is 16.5. The summed E-state index contributed by atoms with van der Waals surface area (Å²) in [6, 6.07) is 11.8.